The Kier molecular flexibility index (Phi) is 8.55. The van der Waals surface area contributed by atoms with Gasteiger partial charge in [0, 0.05) is 41.4 Å². The third-order valence-electron chi connectivity index (χ3n) is 6.66. The fourth-order valence-electron chi connectivity index (χ4n) is 4.81. The Morgan fingerprint density at radius 2 is 1.80 bits per heavy atom. The number of aliphatic imine (C=N–C) groups is 2. The van der Waals surface area contributed by atoms with E-state index in [1.807, 2.05) is 74.8 Å². The summed E-state index contributed by atoms with van der Waals surface area (Å²) >= 11 is 0. The molecule has 0 radical (unpaired) electrons. The van der Waals surface area contributed by atoms with Crippen molar-refractivity contribution in [3.05, 3.63) is 103 Å². The zero-order chi connectivity index (χ0) is 28.8. The van der Waals surface area contributed by atoms with Crippen molar-refractivity contribution < 1.29 is 0 Å². The molecule has 0 unspecified atom stereocenters. The molecular formula is C32H34N8. The van der Waals surface area contributed by atoms with Crippen molar-refractivity contribution in [2.24, 2.45) is 15.7 Å². The molecule has 0 bridgehead atoms. The van der Waals surface area contributed by atoms with Crippen LogP contribution in [0.5, 0.6) is 0 Å². The molecule has 8 nitrogen and oxygen atoms in total. The van der Waals surface area contributed by atoms with Gasteiger partial charge >= 0.3 is 0 Å². The van der Waals surface area contributed by atoms with Crippen molar-refractivity contribution >= 4 is 28.6 Å². The third-order valence-corrected chi connectivity index (χ3v) is 6.66. The monoisotopic (exact) mass is 530 g/mol. The zero-order valence-electron chi connectivity index (χ0n) is 23.5. The van der Waals surface area contributed by atoms with Crippen LogP contribution in [-0.2, 0) is 0 Å². The second-order valence-electron chi connectivity index (χ2n) is 9.55. The predicted octanol–water partition coefficient (Wildman–Crippen LogP) is 6.37. The van der Waals surface area contributed by atoms with Crippen LogP contribution in [0, 0.1) is 18.3 Å². The van der Waals surface area contributed by atoms with Gasteiger partial charge in [0.1, 0.15) is 23.6 Å². The standard InChI is InChI=1S/C32H34N8/c1-7-16-39(22(3)29(17-33)21(2)37-24(5)34)20-31-38-30-15-11-14-28(26-18-35-25(6)36-19-26)32(30)23(4)40(31)27-12-9-8-10-13-27/h8-15,18-19H,4-5,7,16,20,34H2,1-3,6H3/b29-22+,37-21?. The molecule has 8 heteroatoms. The minimum absolute atomic E-state index is 0.162. The molecule has 0 atom stereocenters. The normalized spacial score (nSPS) is 13.7. The molecule has 0 fully saturated rings. The number of aromatic nitrogens is 2. The molecule has 40 heavy (non-hydrogen) atoms. The Hall–Kier alpha value is -5.03. The highest BCUT2D eigenvalue weighted by molar-refractivity contribution is 6.15. The molecule has 3 aromatic rings. The summed E-state index contributed by atoms with van der Waals surface area (Å²) in [6.07, 6.45) is 4.54. The highest BCUT2D eigenvalue weighted by Gasteiger charge is 2.29. The summed E-state index contributed by atoms with van der Waals surface area (Å²) in [4.78, 5) is 22.5. The van der Waals surface area contributed by atoms with E-state index in [4.69, 9.17) is 10.7 Å². The summed E-state index contributed by atoms with van der Waals surface area (Å²) < 4.78 is 0. The molecule has 1 aliphatic heterocycles. The van der Waals surface area contributed by atoms with Crippen molar-refractivity contribution in [1.29, 1.82) is 5.26 Å². The summed E-state index contributed by atoms with van der Waals surface area (Å²) in [5.41, 5.74) is 12.9. The van der Waals surface area contributed by atoms with Gasteiger partial charge < -0.3 is 10.6 Å². The smallest absolute Gasteiger partial charge is 0.133 e. The number of nitriles is 1. The van der Waals surface area contributed by atoms with Crippen LogP contribution in [0.1, 0.15) is 38.6 Å². The summed E-state index contributed by atoms with van der Waals surface area (Å²) in [6, 6.07) is 18.4. The van der Waals surface area contributed by atoms with Crippen LogP contribution in [-0.4, -0.2) is 39.5 Å². The maximum atomic E-state index is 10.0. The molecule has 2 N–H and O–H groups in total. The fraction of sp³-hybridized carbons (Fsp3) is 0.219. The van der Waals surface area contributed by atoms with E-state index in [9.17, 15) is 5.26 Å². The minimum atomic E-state index is 0.162. The van der Waals surface area contributed by atoms with Crippen LogP contribution in [0.2, 0.25) is 0 Å². The van der Waals surface area contributed by atoms with E-state index in [0.29, 0.717) is 23.7 Å². The summed E-state index contributed by atoms with van der Waals surface area (Å²) in [5, 5.41) is 10.0. The van der Waals surface area contributed by atoms with Gasteiger partial charge in [0.2, 0.25) is 0 Å². The number of aryl methyl sites for hydroxylation is 1. The van der Waals surface area contributed by atoms with Crippen LogP contribution in [0.3, 0.4) is 0 Å². The van der Waals surface area contributed by atoms with Crippen LogP contribution in [0.25, 0.3) is 16.8 Å². The molecular weight excluding hydrogens is 496 g/mol. The lowest BCUT2D eigenvalue weighted by atomic mass is 9.95. The van der Waals surface area contributed by atoms with Gasteiger partial charge in [0.05, 0.1) is 29.2 Å². The van der Waals surface area contributed by atoms with Crippen molar-refractivity contribution in [2.45, 2.75) is 34.1 Å². The first-order valence-electron chi connectivity index (χ1n) is 13.1. The Morgan fingerprint density at radius 1 is 1.10 bits per heavy atom. The Labute approximate surface area is 236 Å². The first kappa shape index (κ1) is 28.0. The molecule has 1 aromatic heterocycles. The molecule has 0 spiro atoms. The Morgan fingerprint density at radius 3 is 2.42 bits per heavy atom. The topological polar surface area (TPSA) is 107 Å². The van der Waals surface area contributed by atoms with E-state index in [1.165, 1.54) is 0 Å². The number of nitrogens with two attached hydrogens (primary N) is 1. The maximum Gasteiger partial charge on any atom is 0.133 e. The molecule has 0 saturated carbocycles. The number of fused-ring (bicyclic) bond motifs is 1. The van der Waals surface area contributed by atoms with Crippen molar-refractivity contribution in [3.63, 3.8) is 0 Å². The molecule has 202 valence electrons. The van der Waals surface area contributed by atoms with Gasteiger partial charge in [0.25, 0.3) is 0 Å². The summed E-state index contributed by atoms with van der Waals surface area (Å²) in [6.45, 7) is 17.1. The second-order valence-corrected chi connectivity index (χ2v) is 9.55. The van der Waals surface area contributed by atoms with E-state index in [2.05, 4.69) is 50.9 Å². The zero-order valence-corrected chi connectivity index (χ0v) is 23.5. The first-order valence-corrected chi connectivity index (χ1v) is 13.1. The number of hydrogen-bond donors (Lipinski definition) is 1. The van der Waals surface area contributed by atoms with Crippen LogP contribution >= 0.6 is 0 Å². The van der Waals surface area contributed by atoms with E-state index < -0.39 is 0 Å². The number of anilines is 1. The van der Waals surface area contributed by atoms with Gasteiger partial charge in [-0.25, -0.2) is 20.0 Å². The largest absolute Gasteiger partial charge is 0.384 e. The maximum absolute atomic E-state index is 10.0. The molecule has 0 amide bonds. The average Bonchev–Trinajstić information content (AvgIpc) is 2.93. The average molecular weight is 531 g/mol. The number of nitrogens with zero attached hydrogens (tertiary/aromatic N) is 7. The van der Waals surface area contributed by atoms with Gasteiger partial charge in [-0.15, -0.1) is 0 Å². The Bertz CT molecular complexity index is 1560. The van der Waals surface area contributed by atoms with Crippen molar-refractivity contribution in [2.75, 3.05) is 18.0 Å². The summed E-state index contributed by atoms with van der Waals surface area (Å²) in [7, 11) is 0. The van der Waals surface area contributed by atoms with Gasteiger partial charge in [-0.3, -0.25) is 4.90 Å². The minimum Gasteiger partial charge on any atom is -0.384 e. The molecule has 2 aromatic carbocycles. The molecule has 4 rings (SSSR count). The number of allylic oxidation sites excluding steroid dienone is 2. The van der Waals surface area contributed by atoms with Crippen molar-refractivity contribution in [3.8, 4) is 17.2 Å². The number of hydrogen-bond acceptors (Lipinski definition) is 8. The number of benzene rings is 2. The SMILES string of the molecule is C=C(N)N=C(C)/C(C#N)=C(\C)N(CCC)CC1=Nc2cccc(-c3cnc(C)nc3)c2C(=C)N1c1ccccc1. The highest BCUT2D eigenvalue weighted by Crippen LogP contribution is 2.42. The van der Waals surface area contributed by atoms with E-state index >= 15 is 0 Å². The molecule has 2 heterocycles. The first-order chi connectivity index (χ1) is 19.2. The number of para-hydroxylation sites is 1. The van der Waals surface area contributed by atoms with E-state index in [-0.39, 0.29) is 5.82 Å². The van der Waals surface area contributed by atoms with Crippen LogP contribution in [0.4, 0.5) is 11.4 Å². The molecule has 0 aliphatic carbocycles. The number of amidine groups is 1. The highest BCUT2D eigenvalue weighted by atomic mass is 15.3. The van der Waals surface area contributed by atoms with E-state index in [1.54, 1.807) is 6.92 Å². The summed E-state index contributed by atoms with van der Waals surface area (Å²) in [5.74, 6) is 1.67. The van der Waals surface area contributed by atoms with Crippen molar-refractivity contribution in [1.82, 2.24) is 14.9 Å². The molecule has 1 aliphatic rings. The van der Waals surface area contributed by atoms with Gasteiger partial charge in [-0.05, 0) is 51.0 Å². The third kappa shape index (κ3) is 5.84. The number of rotatable bonds is 9. The lowest BCUT2D eigenvalue weighted by Crippen LogP contribution is -2.41. The van der Waals surface area contributed by atoms with Crippen LogP contribution in [0.15, 0.2) is 101 Å². The molecule has 0 saturated heterocycles. The lowest BCUT2D eigenvalue weighted by molar-refractivity contribution is 0.388. The second kappa shape index (κ2) is 12.2. The van der Waals surface area contributed by atoms with Gasteiger partial charge in [-0.2, -0.15) is 5.26 Å². The van der Waals surface area contributed by atoms with Gasteiger partial charge in [-0.1, -0.05) is 50.4 Å². The Balaban J connectivity index is 1.87. The van der Waals surface area contributed by atoms with Gasteiger partial charge in [0.15, 0.2) is 0 Å². The van der Waals surface area contributed by atoms with Crippen LogP contribution < -0.4 is 10.6 Å². The quantitative estimate of drug-likeness (QED) is 0.254. The lowest BCUT2D eigenvalue weighted by Gasteiger charge is -2.37. The van der Waals surface area contributed by atoms with E-state index in [0.717, 1.165) is 58.3 Å². The predicted molar refractivity (Wildman–Crippen MR) is 164 cm³/mol. The fourth-order valence-corrected chi connectivity index (χ4v) is 4.81.